The molecule has 0 atom stereocenters. The van der Waals surface area contributed by atoms with Crippen molar-refractivity contribution < 1.29 is 0 Å². The maximum absolute atomic E-state index is 11.8. The Labute approximate surface area is 111 Å². The first-order chi connectivity index (χ1) is 8.93. The molecule has 2 rings (SSSR count). The highest BCUT2D eigenvalue weighted by molar-refractivity contribution is 5.21. The fourth-order valence-corrected chi connectivity index (χ4v) is 2.43. The van der Waals surface area contributed by atoms with Gasteiger partial charge in [0.25, 0.3) is 5.56 Å². The average Bonchev–Trinajstić information content (AvgIpc) is 2.37. The molecule has 0 aliphatic carbocycles. The number of nitrogens with zero attached hydrogens (tertiary/aromatic N) is 3. The second-order valence-electron chi connectivity index (χ2n) is 5.66. The van der Waals surface area contributed by atoms with E-state index in [-0.39, 0.29) is 11.0 Å². The fraction of sp³-hybridized carbons (Fsp3) is 0.615. The van der Waals surface area contributed by atoms with Gasteiger partial charge in [-0.15, -0.1) is 0 Å². The number of hydrogen-bond acceptors (Lipinski definition) is 4. The molecule has 0 spiro atoms. The summed E-state index contributed by atoms with van der Waals surface area (Å²) < 4.78 is 1.45. The molecule has 1 fully saturated rings. The van der Waals surface area contributed by atoms with Gasteiger partial charge in [0.2, 0.25) is 0 Å². The summed E-state index contributed by atoms with van der Waals surface area (Å²) in [6.45, 7) is 4.67. The minimum atomic E-state index is -0.614. The third kappa shape index (κ3) is 2.93. The molecule has 1 aliphatic heterocycles. The van der Waals surface area contributed by atoms with Crippen molar-refractivity contribution in [3.05, 3.63) is 32.6 Å². The summed E-state index contributed by atoms with van der Waals surface area (Å²) in [7, 11) is 2.08. The molecule has 1 saturated heterocycles. The summed E-state index contributed by atoms with van der Waals surface area (Å²) in [6, 6.07) is 1.81. The Morgan fingerprint density at radius 1 is 1.42 bits per heavy atom. The number of likely N-dealkylation sites (tertiary alicyclic amines) is 1. The van der Waals surface area contributed by atoms with Gasteiger partial charge in [-0.25, -0.2) is 4.79 Å². The van der Waals surface area contributed by atoms with Crippen LogP contribution in [0.5, 0.6) is 0 Å². The van der Waals surface area contributed by atoms with Crippen LogP contribution >= 0.6 is 0 Å². The van der Waals surface area contributed by atoms with Crippen LogP contribution in [0.2, 0.25) is 0 Å². The molecule has 1 aromatic heterocycles. The van der Waals surface area contributed by atoms with Crippen LogP contribution in [0.1, 0.15) is 25.3 Å². The molecule has 102 valence electrons. The van der Waals surface area contributed by atoms with Gasteiger partial charge in [-0.1, -0.05) is 6.92 Å². The fourth-order valence-electron chi connectivity index (χ4n) is 2.43. The van der Waals surface area contributed by atoms with E-state index in [2.05, 4.69) is 23.9 Å². The van der Waals surface area contributed by atoms with E-state index >= 15 is 0 Å². The number of piperidine rings is 1. The Morgan fingerprint density at radius 3 is 2.63 bits per heavy atom. The summed E-state index contributed by atoms with van der Waals surface area (Å²) >= 11 is 0. The highest BCUT2D eigenvalue weighted by Gasteiger charge is 2.29. The number of nitriles is 1. The van der Waals surface area contributed by atoms with Crippen molar-refractivity contribution in [2.45, 2.75) is 26.3 Å². The van der Waals surface area contributed by atoms with E-state index in [1.807, 2.05) is 6.07 Å². The van der Waals surface area contributed by atoms with E-state index in [1.54, 1.807) is 0 Å². The third-order valence-corrected chi connectivity index (χ3v) is 3.88. The topological polar surface area (TPSA) is 81.9 Å². The lowest BCUT2D eigenvalue weighted by Crippen LogP contribution is -2.41. The van der Waals surface area contributed by atoms with Crippen molar-refractivity contribution >= 4 is 0 Å². The van der Waals surface area contributed by atoms with Crippen molar-refractivity contribution in [3.8, 4) is 6.07 Å². The maximum Gasteiger partial charge on any atom is 0.328 e. The molecule has 2 heterocycles. The van der Waals surface area contributed by atoms with Gasteiger partial charge in [0.1, 0.15) is 11.6 Å². The zero-order valence-corrected chi connectivity index (χ0v) is 11.3. The van der Waals surface area contributed by atoms with Gasteiger partial charge in [-0.3, -0.25) is 14.3 Å². The standard InChI is InChI=1S/C13H18N4O2/c1-13(3-5-16(2)6-4-13)9-17-8-10(7-14)11(18)15-12(17)19/h8H,3-6,9H2,1-2H3,(H,15,18,19). The molecule has 0 saturated carbocycles. The van der Waals surface area contributed by atoms with E-state index in [0.717, 1.165) is 25.9 Å². The molecule has 1 N–H and O–H groups in total. The first-order valence-electron chi connectivity index (χ1n) is 6.36. The van der Waals surface area contributed by atoms with Crippen molar-refractivity contribution in [2.24, 2.45) is 5.41 Å². The number of aromatic amines is 1. The number of aromatic nitrogens is 2. The molecule has 19 heavy (non-hydrogen) atoms. The largest absolute Gasteiger partial charge is 0.328 e. The van der Waals surface area contributed by atoms with Crippen LogP contribution in [0.25, 0.3) is 0 Å². The summed E-state index contributed by atoms with van der Waals surface area (Å²) in [6.07, 6.45) is 3.36. The predicted octanol–water partition coefficient (Wildman–Crippen LogP) is 0.140. The van der Waals surface area contributed by atoms with Gasteiger partial charge in [-0.2, -0.15) is 5.26 Å². The lowest BCUT2D eigenvalue weighted by atomic mass is 9.80. The summed E-state index contributed by atoms with van der Waals surface area (Å²) in [5.41, 5.74) is -1.04. The van der Waals surface area contributed by atoms with E-state index < -0.39 is 11.2 Å². The van der Waals surface area contributed by atoms with E-state index in [4.69, 9.17) is 5.26 Å². The molecule has 1 aromatic rings. The monoisotopic (exact) mass is 262 g/mol. The normalized spacial score (nSPS) is 19.0. The number of rotatable bonds is 2. The third-order valence-electron chi connectivity index (χ3n) is 3.88. The molecule has 1 aliphatic rings. The van der Waals surface area contributed by atoms with E-state index in [1.165, 1.54) is 10.8 Å². The first-order valence-corrected chi connectivity index (χ1v) is 6.36. The lowest BCUT2D eigenvalue weighted by Gasteiger charge is -2.38. The zero-order valence-electron chi connectivity index (χ0n) is 11.3. The molecule has 0 bridgehead atoms. The summed E-state index contributed by atoms with van der Waals surface area (Å²) in [5.74, 6) is 0. The Bertz CT molecular complexity index is 615. The Morgan fingerprint density at radius 2 is 2.05 bits per heavy atom. The second kappa shape index (κ2) is 5.02. The van der Waals surface area contributed by atoms with Crippen LogP contribution < -0.4 is 11.2 Å². The molecule has 6 heteroatoms. The molecule has 0 unspecified atom stereocenters. The van der Waals surface area contributed by atoms with Crippen LogP contribution in [-0.2, 0) is 6.54 Å². The smallest absolute Gasteiger partial charge is 0.306 e. The molecule has 0 amide bonds. The quantitative estimate of drug-likeness (QED) is 0.822. The van der Waals surface area contributed by atoms with Crippen molar-refractivity contribution in [3.63, 3.8) is 0 Å². The van der Waals surface area contributed by atoms with Crippen molar-refractivity contribution in [1.82, 2.24) is 14.5 Å². The minimum absolute atomic E-state index is 0.0175. The molecular formula is C13H18N4O2. The Balaban J connectivity index is 2.27. The van der Waals surface area contributed by atoms with Gasteiger partial charge in [-0.05, 0) is 38.4 Å². The summed E-state index contributed by atoms with van der Waals surface area (Å²) in [5, 5.41) is 8.85. The van der Waals surface area contributed by atoms with Crippen LogP contribution in [0.4, 0.5) is 0 Å². The minimum Gasteiger partial charge on any atom is -0.306 e. The second-order valence-corrected chi connectivity index (χ2v) is 5.66. The lowest BCUT2D eigenvalue weighted by molar-refractivity contribution is 0.119. The highest BCUT2D eigenvalue weighted by Crippen LogP contribution is 2.31. The Kier molecular flexibility index (Phi) is 3.58. The van der Waals surface area contributed by atoms with Gasteiger partial charge in [0.15, 0.2) is 0 Å². The van der Waals surface area contributed by atoms with Gasteiger partial charge in [0, 0.05) is 12.7 Å². The number of hydrogen-bond donors (Lipinski definition) is 1. The van der Waals surface area contributed by atoms with Gasteiger partial charge < -0.3 is 4.90 Å². The molecular weight excluding hydrogens is 244 g/mol. The zero-order chi connectivity index (χ0) is 14.0. The van der Waals surface area contributed by atoms with Crippen LogP contribution in [0.15, 0.2) is 15.8 Å². The van der Waals surface area contributed by atoms with Crippen molar-refractivity contribution in [2.75, 3.05) is 20.1 Å². The molecule has 0 radical (unpaired) electrons. The van der Waals surface area contributed by atoms with Gasteiger partial charge in [0.05, 0.1) is 0 Å². The van der Waals surface area contributed by atoms with Crippen molar-refractivity contribution in [1.29, 1.82) is 5.26 Å². The molecule has 6 nitrogen and oxygen atoms in total. The highest BCUT2D eigenvalue weighted by atomic mass is 16.2. The predicted molar refractivity (Wildman–Crippen MR) is 70.9 cm³/mol. The van der Waals surface area contributed by atoms with Crippen LogP contribution in [-0.4, -0.2) is 34.6 Å². The summed E-state index contributed by atoms with van der Waals surface area (Å²) in [4.78, 5) is 27.6. The number of H-pyrrole nitrogens is 1. The first kappa shape index (κ1) is 13.6. The van der Waals surface area contributed by atoms with E-state index in [9.17, 15) is 9.59 Å². The maximum atomic E-state index is 11.8. The number of nitrogens with one attached hydrogen (secondary N) is 1. The SMILES string of the molecule is CN1CCC(C)(Cn2cc(C#N)c(=O)[nH]c2=O)CC1. The van der Waals surface area contributed by atoms with Crippen LogP contribution in [0.3, 0.4) is 0 Å². The van der Waals surface area contributed by atoms with Gasteiger partial charge >= 0.3 is 5.69 Å². The van der Waals surface area contributed by atoms with Crippen LogP contribution in [0, 0.1) is 16.7 Å². The molecule has 0 aromatic carbocycles. The Hall–Kier alpha value is -1.87. The average molecular weight is 262 g/mol. The van der Waals surface area contributed by atoms with E-state index in [0.29, 0.717) is 6.54 Å².